The first-order valence-electron chi connectivity index (χ1n) is 17.9. The summed E-state index contributed by atoms with van der Waals surface area (Å²) >= 11 is 3.27. The normalized spacial score (nSPS) is 16.0. The molecule has 0 atom stereocenters. The molecule has 0 saturated carbocycles. The number of hydrogen-bond acceptors (Lipinski definition) is 8. The van der Waals surface area contributed by atoms with E-state index in [-0.39, 0.29) is 41.1 Å². The second-order valence-electron chi connectivity index (χ2n) is 13.4. The smallest absolute Gasteiger partial charge is 0.265 e. The van der Waals surface area contributed by atoms with Crippen LogP contribution in [0.4, 0.5) is 17.1 Å². The number of hydrogen-bond donors (Lipinski definition) is 2. The number of fused-ring (bicyclic) bond motifs is 2. The Morgan fingerprint density at radius 2 is 1.54 bits per heavy atom. The fourth-order valence-electron chi connectivity index (χ4n) is 6.95. The molecule has 9 nitrogen and oxygen atoms in total. The van der Waals surface area contributed by atoms with Crippen LogP contribution in [0.1, 0.15) is 36.3 Å². The maximum absolute atomic E-state index is 11.6. The topological polar surface area (TPSA) is 119 Å². The zero-order chi connectivity index (χ0) is 38.6. The van der Waals surface area contributed by atoms with Crippen molar-refractivity contribution in [2.75, 3.05) is 27.9 Å². The quantitative estimate of drug-likeness (QED) is 0.0640. The fourth-order valence-corrected chi connectivity index (χ4v) is 10.1. The van der Waals surface area contributed by atoms with Gasteiger partial charge in [0.1, 0.15) is 4.70 Å². The number of allylic oxidation sites excluding steroid dienone is 5. The van der Waals surface area contributed by atoms with Gasteiger partial charge in [-0.25, -0.2) is 0 Å². The predicted molar refractivity (Wildman–Crippen MR) is 224 cm³/mol. The van der Waals surface area contributed by atoms with Gasteiger partial charge in [0.25, 0.3) is 25.2 Å². The number of nitrogens with zero attached hydrogens (tertiary/aromatic N) is 3. The van der Waals surface area contributed by atoms with Crippen LogP contribution in [0.15, 0.2) is 142 Å². The minimum Gasteiger partial charge on any atom is -0.389 e. The molecular formula is C42H41CoN3O6S4. The summed E-state index contributed by atoms with van der Waals surface area (Å²) < 4.78 is 68.4. The summed E-state index contributed by atoms with van der Waals surface area (Å²) in [6.07, 6.45) is 10.7. The van der Waals surface area contributed by atoms with Gasteiger partial charge >= 0.3 is 0 Å². The van der Waals surface area contributed by atoms with E-state index in [0.29, 0.717) is 13.1 Å². The molecule has 7 rings (SSSR count). The summed E-state index contributed by atoms with van der Waals surface area (Å²) in [7, 11) is -8.17. The van der Waals surface area contributed by atoms with E-state index < -0.39 is 20.2 Å². The number of thiazole rings is 1. The Kier molecular flexibility index (Phi) is 13.4. The molecule has 0 spiro atoms. The van der Waals surface area contributed by atoms with E-state index in [9.17, 15) is 25.9 Å². The molecule has 0 saturated heterocycles. The third-order valence-corrected chi connectivity index (χ3v) is 13.3. The van der Waals surface area contributed by atoms with Gasteiger partial charge in [-0.05, 0) is 85.4 Å². The van der Waals surface area contributed by atoms with E-state index >= 15 is 0 Å². The van der Waals surface area contributed by atoms with Gasteiger partial charge in [-0.3, -0.25) is 9.11 Å². The fraction of sp³-hybridized carbons (Fsp3) is 0.214. The molecule has 2 heterocycles. The summed E-state index contributed by atoms with van der Waals surface area (Å²) in [6.45, 7) is 2.89. The van der Waals surface area contributed by atoms with Crippen LogP contribution in [0.2, 0.25) is 0 Å². The van der Waals surface area contributed by atoms with E-state index in [0.717, 1.165) is 77.5 Å². The molecule has 1 radical (unpaired) electrons. The molecule has 2 N–H and O–H groups in total. The predicted octanol–water partition coefficient (Wildman–Crippen LogP) is 9.13. The van der Waals surface area contributed by atoms with Gasteiger partial charge in [-0.1, -0.05) is 82.2 Å². The Labute approximate surface area is 347 Å². The second-order valence-corrected chi connectivity index (χ2v) is 18.7. The average Bonchev–Trinajstić information content (AvgIpc) is 3.83. The van der Waals surface area contributed by atoms with Gasteiger partial charge in [0, 0.05) is 53.3 Å². The van der Waals surface area contributed by atoms with Crippen molar-refractivity contribution in [3.63, 3.8) is 0 Å². The van der Waals surface area contributed by atoms with Crippen LogP contribution >= 0.6 is 23.1 Å². The van der Waals surface area contributed by atoms with Crippen molar-refractivity contribution in [2.45, 2.75) is 44.0 Å². The first-order valence-corrected chi connectivity index (χ1v) is 22.8. The van der Waals surface area contributed by atoms with Gasteiger partial charge in [0.05, 0.1) is 22.2 Å². The molecule has 1 aromatic heterocycles. The average molecular weight is 871 g/mol. The zero-order valence-electron chi connectivity index (χ0n) is 30.5. The number of aryl methyl sites for hydroxylation is 2. The third kappa shape index (κ3) is 10.1. The number of thioether (sulfide) groups is 1. The Morgan fingerprint density at radius 3 is 2.21 bits per heavy atom. The van der Waals surface area contributed by atoms with Crippen molar-refractivity contribution in [1.82, 2.24) is 0 Å². The summed E-state index contributed by atoms with van der Waals surface area (Å²) in [5.41, 5.74) is 8.44. The van der Waals surface area contributed by atoms with Gasteiger partial charge in [0.15, 0.2) is 6.54 Å². The number of para-hydroxylation sites is 2. The van der Waals surface area contributed by atoms with Gasteiger partial charge in [-0.15, -0.1) is 0 Å². The molecule has 1 aliphatic carbocycles. The van der Waals surface area contributed by atoms with E-state index in [1.165, 1.54) is 0 Å². The Morgan fingerprint density at radius 1 is 0.857 bits per heavy atom. The van der Waals surface area contributed by atoms with Crippen molar-refractivity contribution in [3.8, 4) is 0 Å². The molecule has 1 aliphatic heterocycles. The molecule has 0 amide bonds. The maximum Gasteiger partial charge on any atom is 0.265 e. The molecule has 0 unspecified atom stereocenters. The summed E-state index contributed by atoms with van der Waals surface area (Å²) in [6, 6.07) is 35.7. The molecule has 4 aromatic carbocycles. The first-order chi connectivity index (χ1) is 26.4. The Hall–Kier alpha value is -3.99. The van der Waals surface area contributed by atoms with Crippen LogP contribution in [0.25, 0.3) is 16.3 Å². The summed E-state index contributed by atoms with van der Waals surface area (Å²) in [5.74, 6) is -0.631. The second kappa shape index (κ2) is 18.1. The minimum absolute atomic E-state index is 0. The minimum atomic E-state index is -4.09. The maximum atomic E-state index is 11.6. The largest absolute Gasteiger partial charge is 0.389 e. The zero-order valence-corrected chi connectivity index (χ0v) is 34.8. The van der Waals surface area contributed by atoms with Crippen molar-refractivity contribution < 1.29 is 47.3 Å². The van der Waals surface area contributed by atoms with Gasteiger partial charge in [-0.2, -0.15) is 45.7 Å². The van der Waals surface area contributed by atoms with Crippen LogP contribution in [0.3, 0.4) is 0 Å². The summed E-state index contributed by atoms with van der Waals surface area (Å²) in [4.78, 5) is 5.44. The van der Waals surface area contributed by atoms with Crippen molar-refractivity contribution >= 4 is 76.7 Å². The van der Waals surface area contributed by atoms with Crippen LogP contribution in [0, 0.1) is 13.0 Å². The molecule has 5 aromatic rings. The van der Waals surface area contributed by atoms with Crippen molar-refractivity contribution in [2.24, 2.45) is 0 Å². The van der Waals surface area contributed by atoms with E-state index in [4.69, 9.17) is 0 Å². The first kappa shape index (κ1) is 41.6. The molecule has 293 valence electrons. The number of aromatic nitrogens is 1. The molecule has 0 fully saturated rings. The van der Waals surface area contributed by atoms with Gasteiger partial charge in [0.2, 0.25) is 5.52 Å². The van der Waals surface area contributed by atoms with Crippen molar-refractivity contribution in [3.05, 3.63) is 154 Å². The standard InChI is InChI=1S/C42H41N3O6S4.Co/c1-31-18-23-39-37(30-31)44(27-11-29-55(49,50)51)41(53-39)25-22-33-20-19-32(42(33)45(34-12-4-2-5-13-34)35-14-6-3-7-15-35)21-24-40-43(26-10-28-54(46,47)48)36-16-8-9-17-38(36)52-40;/h2-7,9,12-18,21-25,30H,10-11,19-20,26-29H2,1H3,(H,46,47,48)(H,49,50,51);. The molecule has 14 heteroatoms. The number of anilines is 3. The monoisotopic (exact) mass is 870 g/mol. The number of benzene rings is 4. The van der Waals surface area contributed by atoms with Gasteiger partial charge < -0.3 is 9.80 Å². The number of rotatable bonds is 14. The SMILES string of the molecule is Cc1ccc2sc(/C=C/C3=C(N(c4ccccc4)c4ccccc4)C(=C/C=C4\Sc5cc[c-]cc5N4CCCS(=O)(=O)O)/CC3)[n+](CCCS(=O)(=O)O)c2c1.[Co]. The van der Waals surface area contributed by atoms with Crippen LogP contribution in [-0.4, -0.2) is 44.0 Å². The Balaban J connectivity index is 0.00000532. The van der Waals surface area contributed by atoms with E-state index in [1.54, 1.807) is 23.1 Å². The Bertz CT molecular complexity index is 2510. The third-order valence-electron chi connectivity index (χ3n) is 9.41. The molecular weight excluding hydrogens is 830 g/mol. The molecule has 2 aliphatic rings. The van der Waals surface area contributed by atoms with Crippen molar-refractivity contribution in [1.29, 1.82) is 0 Å². The van der Waals surface area contributed by atoms with E-state index in [1.807, 2.05) is 61.5 Å². The van der Waals surface area contributed by atoms with Crippen LogP contribution < -0.4 is 14.4 Å². The molecule has 56 heavy (non-hydrogen) atoms. The summed E-state index contributed by atoms with van der Waals surface area (Å²) in [5, 5.41) is 1.93. The van der Waals surface area contributed by atoms with Crippen LogP contribution in [0.5, 0.6) is 0 Å². The van der Waals surface area contributed by atoms with E-state index in [2.05, 4.69) is 87.2 Å². The molecule has 0 bridgehead atoms. The van der Waals surface area contributed by atoms with Crippen LogP contribution in [-0.2, 0) is 43.6 Å².